The molecule has 4 heterocycles. The van der Waals surface area contributed by atoms with Crippen LogP contribution in [0.2, 0.25) is 0 Å². The van der Waals surface area contributed by atoms with Crippen LogP contribution in [-0.4, -0.2) is 37.0 Å². The zero-order valence-electron chi connectivity index (χ0n) is 20.3. The Morgan fingerprint density at radius 3 is 2.58 bits per heavy atom. The van der Waals surface area contributed by atoms with E-state index in [9.17, 15) is 4.79 Å². The van der Waals surface area contributed by atoms with Gasteiger partial charge < -0.3 is 20.1 Å². The molecule has 2 N–H and O–H groups in total. The molecule has 1 aromatic carbocycles. The first-order valence-corrected chi connectivity index (χ1v) is 12.3. The number of nitrogens with zero attached hydrogens (tertiary/aromatic N) is 4. The second kappa shape index (κ2) is 10.3. The maximum absolute atomic E-state index is 13.1. The second-order valence-electron chi connectivity index (χ2n) is 8.94. The summed E-state index contributed by atoms with van der Waals surface area (Å²) in [5.41, 5.74) is 6.15. The lowest BCUT2D eigenvalue weighted by atomic mass is 9.96. The fourth-order valence-corrected chi connectivity index (χ4v) is 5.14. The molecule has 0 aliphatic carbocycles. The number of hydrogen-bond donors (Lipinski definition) is 2. The zero-order valence-corrected chi connectivity index (χ0v) is 21.1. The summed E-state index contributed by atoms with van der Waals surface area (Å²) in [7, 11) is 0. The van der Waals surface area contributed by atoms with Crippen LogP contribution in [0.5, 0.6) is 0 Å². The molecule has 8 heteroatoms. The molecule has 0 saturated carbocycles. The molecule has 182 valence electrons. The van der Waals surface area contributed by atoms with Gasteiger partial charge in [-0.2, -0.15) is 0 Å². The zero-order chi connectivity index (χ0) is 25.1. The van der Waals surface area contributed by atoms with Gasteiger partial charge in [0.1, 0.15) is 6.54 Å². The molecule has 1 aliphatic rings. The number of aryl methyl sites for hydroxylation is 1. The molecule has 7 nitrogen and oxygen atoms in total. The minimum absolute atomic E-state index is 0.124. The number of rotatable bonds is 7. The van der Waals surface area contributed by atoms with E-state index in [2.05, 4.69) is 51.1 Å². The first-order valence-electron chi connectivity index (χ1n) is 11.9. The Kier molecular flexibility index (Phi) is 6.77. The van der Waals surface area contributed by atoms with Gasteiger partial charge in [-0.1, -0.05) is 30.3 Å². The van der Waals surface area contributed by atoms with E-state index in [1.165, 1.54) is 0 Å². The average Bonchev–Trinajstić information content (AvgIpc) is 3.36. The lowest BCUT2D eigenvalue weighted by Gasteiger charge is -2.27. The lowest BCUT2D eigenvalue weighted by Crippen LogP contribution is -2.37. The van der Waals surface area contributed by atoms with Crippen LogP contribution in [0.25, 0.3) is 0 Å². The van der Waals surface area contributed by atoms with Crippen LogP contribution in [0, 0.1) is 13.8 Å². The molecule has 1 amide bonds. The smallest absolute Gasteiger partial charge is 0.244 e. The molecule has 0 spiro atoms. The van der Waals surface area contributed by atoms with Crippen molar-refractivity contribution in [2.24, 2.45) is 0 Å². The van der Waals surface area contributed by atoms with E-state index in [-0.39, 0.29) is 24.5 Å². The average molecular weight is 497 g/mol. The van der Waals surface area contributed by atoms with Gasteiger partial charge in [-0.05, 0) is 73.6 Å². The third-order valence-electron chi connectivity index (χ3n) is 6.56. The summed E-state index contributed by atoms with van der Waals surface area (Å²) in [4.78, 5) is 23.9. The molecule has 2 atom stereocenters. The highest BCUT2D eigenvalue weighted by molar-refractivity contribution is 7.80. The lowest BCUT2D eigenvalue weighted by molar-refractivity contribution is -0.116. The van der Waals surface area contributed by atoms with Gasteiger partial charge in [-0.3, -0.25) is 14.8 Å². The first kappa shape index (κ1) is 23.7. The van der Waals surface area contributed by atoms with Crippen LogP contribution in [0.4, 0.5) is 5.69 Å². The van der Waals surface area contributed by atoms with Crippen molar-refractivity contribution in [1.82, 2.24) is 24.8 Å². The molecule has 5 rings (SSSR count). The Labute approximate surface area is 216 Å². The van der Waals surface area contributed by atoms with Crippen molar-refractivity contribution < 1.29 is 4.79 Å². The minimum Gasteiger partial charge on any atom is -0.352 e. The third-order valence-corrected chi connectivity index (χ3v) is 6.92. The summed E-state index contributed by atoms with van der Waals surface area (Å²) in [5, 5.41) is 6.96. The number of para-hydroxylation sites is 1. The number of amides is 1. The highest BCUT2D eigenvalue weighted by atomic mass is 32.1. The number of benzene rings is 1. The Morgan fingerprint density at radius 2 is 1.86 bits per heavy atom. The van der Waals surface area contributed by atoms with Gasteiger partial charge in [0, 0.05) is 42.2 Å². The summed E-state index contributed by atoms with van der Waals surface area (Å²) in [6.07, 6.45) is 5.46. The second-order valence-corrected chi connectivity index (χ2v) is 9.33. The van der Waals surface area contributed by atoms with Gasteiger partial charge in [-0.15, -0.1) is 0 Å². The van der Waals surface area contributed by atoms with Gasteiger partial charge >= 0.3 is 0 Å². The van der Waals surface area contributed by atoms with Crippen molar-refractivity contribution in [1.29, 1.82) is 0 Å². The van der Waals surface area contributed by atoms with Gasteiger partial charge in [0.15, 0.2) is 5.11 Å². The van der Waals surface area contributed by atoms with Crippen molar-refractivity contribution >= 4 is 28.9 Å². The number of thiocarbonyl (C=S) groups is 1. The molecular weight excluding hydrogens is 468 g/mol. The van der Waals surface area contributed by atoms with Crippen molar-refractivity contribution in [3.8, 4) is 0 Å². The van der Waals surface area contributed by atoms with Crippen LogP contribution in [0.3, 0.4) is 0 Å². The van der Waals surface area contributed by atoms with Gasteiger partial charge in [0.05, 0.1) is 17.8 Å². The van der Waals surface area contributed by atoms with Crippen molar-refractivity contribution in [2.75, 3.05) is 11.9 Å². The predicted molar refractivity (Wildman–Crippen MR) is 144 cm³/mol. The van der Waals surface area contributed by atoms with Gasteiger partial charge in [-0.25, -0.2) is 0 Å². The van der Waals surface area contributed by atoms with E-state index in [1.807, 2.05) is 65.7 Å². The third kappa shape index (κ3) is 4.85. The predicted octanol–water partition coefficient (Wildman–Crippen LogP) is 4.55. The molecule has 1 fully saturated rings. The van der Waals surface area contributed by atoms with E-state index in [0.717, 1.165) is 40.4 Å². The fourth-order valence-electron chi connectivity index (χ4n) is 4.84. The maximum atomic E-state index is 13.1. The number of carbonyl (C=O) groups is 1. The first-order chi connectivity index (χ1) is 17.5. The highest BCUT2D eigenvalue weighted by Crippen LogP contribution is 2.40. The van der Waals surface area contributed by atoms with Crippen molar-refractivity contribution in [3.05, 3.63) is 114 Å². The molecule has 0 radical (unpaired) electrons. The Bertz CT molecular complexity index is 1360. The van der Waals surface area contributed by atoms with E-state index < -0.39 is 0 Å². The molecule has 2 unspecified atom stereocenters. The van der Waals surface area contributed by atoms with E-state index >= 15 is 0 Å². The molecule has 1 saturated heterocycles. The van der Waals surface area contributed by atoms with Crippen LogP contribution in [0.15, 0.2) is 85.3 Å². The Hall–Kier alpha value is -4.04. The summed E-state index contributed by atoms with van der Waals surface area (Å²) < 4.78 is 2.28. The summed E-state index contributed by atoms with van der Waals surface area (Å²) in [6.45, 7) is 5.08. The molecule has 4 aromatic rings. The van der Waals surface area contributed by atoms with E-state index in [0.29, 0.717) is 5.11 Å². The Morgan fingerprint density at radius 1 is 1.06 bits per heavy atom. The van der Waals surface area contributed by atoms with Crippen LogP contribution in [-0.2, 0) is 11.3 Å². The van der Waals surface area contributed by atoms with E-state index in [4.69, 9.17) is 12.2 Å². The van der Waals surface area contributed by atoms with Gasteiger partial charge in [0.2, 0.25) is 5.91 Å². The SMILES string of the molecule is Cc1cc(C2C(c3ccccn3)NC(=S)N2CC(=O)Nc2ccccc2)c(C)n1Cc1cccnc1. The quantitative estimate of drug-likeness (QED) is 0.366. The van der Waals surface area contributed by atoms with Crippen LogP contribution in [0.1, 0.15) is 40.3 Å². The summed E-state index contributed by atoms with van der Waals surface area (Å²) >= 11 is 5.76. The monoisotopic (exact) mass is 496 g/mol. The standard InChI is InChI=1S/C28H28N6OS/c1-19-15-23(20(2)33(19)17-21-9-8-13-29-16-21)27-26(24-12-6-7-14-30-24)32-28(36)34(27)18-25(35)31-22-10-4-3-5-11-22/h3-16,26-27H,17-18H2,1-2H3,(H,31,35)(H,32,36). The summed E-state index contributed by atoms with van der Waals surface area (Å²) in [5.74, 6) is -0.124. The topological polar surface area (TPSA) is 75.1 Å². The van der Waals surface area contributed by atoms with Crippen LogP contribution < -0.4 is 10.6 Å². The highest BCUT2D eigenvalue weighted by Gasteiger charge is 2.42. The Balaban J connectivity index is 1.49. The van der Waals surface area contributed by atoms with E-state index in [1.54, 1.807) is 12.4 Å². The maximum Gasteiger partial charge on any atom is 0.244 e. The molecule has 3 aromatic heterocycles. The number of nitrogens with one attached hydrogen (secondary N) is 2. The minimum atomic E-state index is -0.192. The molecule has 0 bridgehead atoms. The molecule has 36 heavy (non-hydrogen) atoms. The molecular formula is C28H28N6OS. The number of carbonyl (C=O) groups excluding carboxylic acids is 1. The number of pyridine rings is 2. The molecule has 1 aliphatic heterocycles. The van der Waals surface area contributed by atoms with Crippen molar-refractivity contribution in [3.63, 3.8) is 0 Å². The number of aromatic nitrogens is 3. The fraction of sp³-hybridized carbons (Fsp3) is 0.214. The van der Waals surface area contributed by atoms with Crippen molar-refractivity contribution in [2.45, 2.75) is 32.5 Å². The number of hydrogen-bond acceptors (Lipinski definition) is 4. The summed E-state index contributed by atoms with van der Waals surface area (Å²) in [6, 6.07) is 21.2. The number of anilines is 1. The largest absolute Gasteiger partial charge is 0.352 e. The van der Waals surface area contributed by atoms with Crippen LogP contribution >= 0.6 is 12.2 Å². The van der Waals surface area contributed by atoms with Gasteiger partial charge in [0.25, 0.3) is 0 Å². The normalized spacial score (nSPS) is 17.2.